The van der Waals surface area contributed by atoms with Gasteiger partial charge >= 0.3 is 0 Å². The van der Waals surface area contributed by atoms with E-state index in [1.54, 1.807) is 6.07 Å². The average molecular weight is 238 g/mol. The molecule has 1 N–H and O–H groups in total. The van der Waals surface area contributed by atoms with Crippen molar-refractivity contribution in [1.29, 1.82) is 0 Å². The number of H-pyrrole nitrogens is 1. The molecule has 0 saturated heterocycles. The van der Waals surface area contributed by atoms with E-state index >= 15 is 0 Å². The van der Waals surface area contributed by atoms with Crippen LogP contribution >= 0.6 is 11.6 Å². The van der Waals surface area contributed by atoms with Crippen molar-refractivity contribution in [2.75, 3.05) is 0 Å². The first-order valence-corrected chi connectivity index (χ1v) is 5.49. The van der Waals surface area contributed by atoms with Crippen LogP contribution in [-0.4, -0.2) is 15.2 Å². The fourth-order valence-corrected chi connectivity index (χ4v) is 1.70. The summed E-state index contributed by atoms with van der Waals surface area (Å²) < 4.78 is 13.2. The standard InChI is InChI=1S/C11H9ClFN3/c12-8-4-3-7(5-9(8)13)11-14-10(15-16-11)6-1-2-6/h3-6H,1-2H2,(H,14,15,16). The van der Waals surface area contributed by atoms with Gasteiger partial charge in [0, 0.05) is 11.5 Å². The molecule has 3 rings (SSSR count). The third-order valence-electron chi connectivity index (χ3n) is 2.64. The minimum absolute atomic E-state index is 0.113. The molecule has 1 aliphatic rings. The molecule has 1 heterocycles. The molecule has 1 fully saturated rings. The van der Waals surface area contributed by atoms with Gasteiger partial charge in [0.25, 0.3) is 0 Å². The van der Waals surface area contributed by atoms with Crippen LogP contribution < -0.4 is 0 Å². The summed E-state index contributed by atoms with van der Waals surface area (Å²) in [5, 5.41) is 7.07. The molecule has 0 bridgehead atoms. The predicted octanol–water partition coefficient (Wildman–Crippen LogP) is 3.14. The number of hydrogen-bond donors (Lipinski definition) is 1. The Kier molecular flexibility index (Phi) is 2.17. The lowest BCUT2D eigenvalue weighted by Gasteiger charge is -1.96. The van der Waals surface area contributed by atoms with Crippen molar-refractivity contribution in [2.24, 2.45) is 0 Å². The number of aromatic nitrogens is 3. The summed E-state index contributed by atoms with van der Waals surface area (Å²) in [4.78, 5) is 4.34. The minimum atomic E-state index is -0.447. The highest BCUT2D eigenvalue weighted by atomic mass is 35.5. The van der Waals surface area contributed by atoms with Gasteiger partial charge in [-0.05, 0) is 31.0 Å². The Balaban J connectivity index is 1.97. The van der Waals surface area contributed by atoms with Crippen LogP contribution in [0.4, 0.5) is 4.39 Å². The number of halogens is 2. The maximum atomic E-state index is 13.2. The molecule has 1 aromatic carbocycles. The maximum Gasteiger partial charge on any atom is 0.181 e. The van der Waals surface area contributed by atoms with Gasteiger partial charge < -0.3 is 0 Å². The fourth-order valence-electron chi connectivity index (χ4n) is 1.58. The molecule has 0 atom stereocenters. The molecule has 1 aromatic heterocycles. The zero-order valence-corrected chi connectivity index (χ0v) is 9.13. The van der Waals surface area contributed by atoms with Crippen LogP contribution in [0.3, 0.4) is 0 Å². The molecule has 1 saturated carbocycles. The normalized spacial score (nSPS) is 15.4. The zero-order valence-electron chi connectivity index (χ0n) is 8.37. The Labute approximate surface area is 96.7 Å². The van der Waals surface area contributed by atoms with Gasteiger partial charge in [-0.3, -0.25) is 5.10 Å². The second-order valence-corrected chi connectivity index (χ2v) is 4.35. The fraction of sp³-hybridized carbons (Fsp3) is 0.273. The molecular weight excluding hydrogens is 229 g/mol. The number of rotatable bonds is 2. The first kappa shape index (κ1) is 9.78. The van der Waals surface area contributed by atoms with Gasteiger partial charge in [-0.25, -0.2) is 9.37 Å². The highest BCUT2D eigenvalue weighted by Gasteiger charge is 2.27. The van der Waals surface area contributed by atoms with E-state index in [0.29, 0.717) is 17.3 Å². The Bertz CT molecular complexity index is 534. The monoisotopic (exact) mass is 237 g/mol. The van der Waals surface area contributed by atoms with E-state index in [4.69, 9.17) is 11.6 Å². The van der Waals surface area contributed by atoms with Crippen LogP contribution in [0.5, 0.6) is 0 Å². The van der Waals surface area contributed by atoms with Crippen LogP contribution in [0.1, 0.15) is 24.6 Å². The molecule has 1 aliphatic carbocycles. The van der Waals surface area contributed by atoms with Crippen LogP contribution in [0.25, 0.3) is 11.4 Å². The van der Waals surface area contributed by atoms with Crippen molar-refractivity contribution in [2.45, 2.75) is 18.8 Å². The lowest BCUT2D eigenvalue weighted by molar-refractivity contribution is 0.628. The number of hydrogen-bond acceptors (Lipinski definition) is 2. The molecule has 0 radical (unpaired) electrons. The molecule has 0 spiro atoms. The lowest BCUT2D eigenvalue weighted by Crippen LogP contribution is -1.84. The third kappa shape index (κ3) is 1.69. The number of benzene rings is 1. The van der Waals surface area contributed by atoms with Gasteiger partial charge in [0.2, 0.25) is 0 Å². The number of nitrogens with zero attached hydrogens (tertiary/aromatic N) is 2. The highest BCUT2D eigenvalue weighted by Crippen LogP contribution is 2.38. The molecule has 0 aliphatic heterocycles. The summed E-state index contributed by atoms with van der Waals surface area (Å²) in [5.41, 5.74) is 0.644. The molecule has 2 aromatic rings. The zero-order chi connectivity index (χ0) is 11.1. The van der Waals surface area contributed by atoms with Crippen molar-refractivity contribution in [3.63, 3.8) is 0 Å². The SMILES string of the molecule is Fc1cc(-c2n[nH]c(C3CC3)n2)ccc1Cl. The topological polar surface area (TPSA) is 41.6 Å². The molecule has 5 heteroatoms. The molecule has 3 nitrogen and oxygen atoms in total. The Morgan fingerprint density at radius 1 is 1.38 bits per heavy atom. The lowest BCUT2D eigenvalue weighted by atomic mass is 10.2. The quantitative estimate of drug-likeness (QED) is 0.872. The van der Waals surface area contributed by atoms with Crippen molar-refractivity contribution < 1.29 is 4.39 Å². The molecule has 0 unspecified atom stereocenters. The van der Waals surface area contributed by atoms with Crippen LogP contribution in [0, 0.1) is 5.82 Å². The van der Waals surface area contributed by atoms with E-state index in [1.807, 2.05) is 0 Å². The van der Waals surface area contributed by atoms with E-state index in [0.717, 1.165) is 18.7 Å². The van der Waals surface area contributed by atoms with Crippen LogP contribution in [0.2, 0.25) is 5.02 Å². The van der Waals surface area contributed by atoms with Gasteiger partial charge in [-0.2, -0.15) is 5.10 Å². The van der Waals surface area contributed by atoms with Crippen molar-refractivity contribution >= 4 is 11.6 Å². The molecule has 16 heavy (non-hydrogen) atoms. The van der Waals surface area contributed by atoms with Gasteiger partial charge in [0.1, 0.15) is 11.6 Å². The van der Waals surface area contributed by atoms with E-state index < -0.39 is 5.82 Å². The van der Waals surface area contributed by atoms with Crippen molar-refractivity contribution in [1.82, 2.24) is 15.2 Å². The minimum Gasteiger partial charge on any atom is -0.262 e. The van der Waals surface area contributed by atoms with Crippen LogP contribution in [-0.2, 0) is 0 Å². The summed E-state index contributed by atoms with van der Waals surface area (Å²) in [7, 11) is 0. The summed E-state index contributed by atoms with van der Waals surface area (Å²) in [6.45, 7) is 0. The summed E-state index contributed by atoms with van der Waals surface area (Å²) >= 11 is 5.61. The van der Waals surface area contributed by atoms with E-state index in [1.165, 1.54) is 12.1 Å². The molecule has 0 amide bonds. The Morgan fingerprint density at radius 3 is 2.88 bits per heavy atom. The van der Waals surface area contributed by atoms with E-state index in [2.05, 4.69) is 15.2 Å². The van der Waals surface area contributed by atoms with Gasteiger partial charge in [0.05, 0.1) is 5.02 Å². The van der Waals surface area contributed by atoms with E-state index in [-0.39, 0.29) is 5.02 Å². The second-order valence-electron chi connectivity index (χ2n) is 3.95. The van der Waals surface area contributed by atoms with Crippen molar-refractivity contribution in [3.05, 3.63) is 34.9 Å². The average Bonchev–Trinajstić information content (AvgIpc) is 3.01. The maximum absolute atomic E-state index is 13.2. The van der Waals surface area contributed by atoms with Crippen molar-refractivity contribution in [3.8, 4) is 11.4 Å². The summed E-state index contributed by atoms with van der Waals surface area (Å²) in [6, 6.07) is 4.58. The smallest absolute Gasteiger partial charge is 0.181 e. The molecule has 82 valence electrons. The Morgan fingerprint density at radius 2 is 2.19 bits per heavy atom. The highest BCUT2D eigenvalue weighted by molar-refractivity contribution is 6.30. The van der Waals surface area contributed by atoms with Gasteiger partial charge in [-0.1, -0.05) is 11.6 Å². The van der Waals surface area contributed by atoms with E-state index in [9.17, 15) is 4.39 Å². The van der Waals surface area contributed by atoms with Gasteiger partial charge in [0.15, 0.2) is 5.82 Å². The van der Waals surface area contributed by atoms with Crippen LogP contribution in [0.15, 0.2) is 18.2 Å². The Hall–Kier alpha value is -1.42. The second kappa shape index (κ2) is 3.56. The largest absolute Gasteiger partial charge is 0.262 e. The summed E-state index contributed by atoms with van der Waals surface area (Å²) in [6.07, 6.45) is 2.31. The number of aromatic amines is 1. The first-order chi connectivity index (χ1) is 7.74. The number of nitrogens with one attached hydrogen (secondary N) is 1. The predicted molar refractivity (Wildman–Crippen MR) is 58.8 cm³/mol. The first-order valence-electron chi connectivity index (χ1n) is 5.12. The van der Waals surface area contributed by atoms with Gasteiger partial charge in [-0.15, -0.1) is 0 Å². The third-order valence-corrected chi connectivity index (χ3v) is 2.95. The molecular formula is C11H9ClFN3. The summed E-state index contributed by atoms with van der Waals surface area (Å²) in [5.74, 6) is 1.48.